The molecule has 146 valence electrons. The van der Waals surface area contributed by atoms with Gasteiger partial charge in [0.05, 0.1) is 45.3 Å². The number of morpholine rings is 1. The van der Waals surface area contributed by atoms with Crippen LogP contribution in [0.5, 0.6) is 11.5 Å². The summed E-state index contributed by atoms with van der Waals surface area (Å²) in [5, 5.41) is 3.03. The van der Waals surface area contributed by atoms with Crippen LogP contribution in [0.2, 0.25) is 0 Å². The van der Waals surface area contributed by atoms with Gasteiger partial charge in [-0.1, -0.05) is 6.07 Å². The molecule has 2 aromatic rings. The first-order valence-corrected chi connectivity index (χ1v) is 9.00. The van der Waals surface area contributed by atoms with Crippen molar-refractivity contribution in [3.63, 3.8) is 0 Å². The number of aryl methyl sites for hydroxylation is 1. The SMILES string of the molecule is COc1ccc([C@H](CNC(=O)c2ccoc2C)N2CCOCC2)cc1OC. The standard InChI is InChI=1S/C20H26N2O5/c1-14-16(6-9-27-14)20(23)21-13-17(22-7-10-26-11-8-22)15-4-5-18(24-2)19(12-15)25-3/h4-6,9,12,17H,7-8,10-11,13H2,1-3H3,(H,21,23)/t17-/m0/s1. The Hall–Kier alpha value is -2.51. The summed E-state index contributed by atoms with van der Waals surface area (Å²) in [6.45, 7) is 5.22. The molecule has 1 atom stereocenters. The van der Waals surface area contributed by atoms with E-state index in [0.717, 1.165) is 18.7 Å². The topological polar surface area (TPSA) is 73.2 Å². The van der Waals surface area contributed by atoms with Crippen molar-refractivity contribution in [3.05, 3.63) is 47.4 Å². The maximum Gasteiger partial charge on any atom is 0.254 e. The van der Waals surface area contributed by atoms with Crippen molar-refractivity contribution in [2.45, 2.75) is 13.0 Å². The zero-order valence-corrected chi connectivity index (χ0v) is 16.0. The van der Waals surface area contributed by atoms with Crippen LogP contribution in [0, 0.1) is 6.92 Å². The molecule has 3 rings (SSSR count). The molecule has 0 spiro atoms. The van der Waals surface area contributed by atoms with E-state index in [4.69, 9.17) is 18.6 Å². The number of furan rings is 1. The van der Waals surface area contributed by atoms with Crippen LogP contribution in [0.1, 0.15) is 27.7 Å². The summed E-state index contributed by atoms with van der Waals surface area (Å²) in [6, 6.07) is 7.56. The van der Waals surface area contributed by atoms with Gasteiger partial charge < -0.3 is 23.9 Å². The Morgan fingerprint density at radius 3 is 2.56 bits per heavy atom. The first-order valence-electron chi connectivity index (χ1n) is 9.00. The van der Waals surface area contributed by atoms with Gasteiger partial charge in [-0.15, -0.1) is 0 Å². The third-order valence-electron chi connectivity index (χ3n) is 4.84. The zero-order valence-electron chi connectivity index (χ0n) is 16.0. The van der Waals surface area contributed by atoms with Crippen LogP contribution in [0.15, 0.2) is 34.9 Å². The highest BCUT2D eigenvalue weighted by Gasteiger charge is 2.25. The number of ether oxygens (including phenoxy) is 3. The van der Waals surface area contributed by atoms with Crippen LogP contribution in [-0.4, -0.2) is 57.9 Å². The maximum atomic E-state index is 12.5. The summed E-state index contributed by atoms with van der Waals surface area (Å²) in [4.78, 5) is 14.8. The van der Waals surface area contributed by atoms with Crippen LogP contribution in [0.4, 0.5) is 0 Å². The van der Waals surface area contributed by atoms with Crippen molar-refractivity contribution in [1.82, 2.24) is 10.2 Å². The monoisotopic (exact) mass is 374 g/mol. The van der Waals surface area contributed by atoms with Crippen LogP contribution in [0.3, 0.4) is 0 Å². The Balaban J connectivity index is 1.80. The molecule has 0 aliphatic carbocycles. The molecule has 1 N–H and O–H groups in total. The lowest BCUT2D eigenvalue weighted by Gasteiger charge is -2.35. The minimum Gasteiger partial charge on any atom is -0.493 e. The van der Waals surface area contributed by atoms with Crippen LogP contribution < -0.4 is 14.8 Å². The number of carbonyl (C=O) groups is 1. The molecule has 7 heteroatoms. The Kier molecular flexibility index (Phi) is 6.36. The second-order valence-electron chi connectivity index (χ2n) is 6.38. The number of hydrogen-bond donors (Lipinski definition) is 1. The van der Waals surface area contributed by atoms with Gasteiger partial charge in [-0.25, -0.2) is 0 Å². The molecule has 1 aromatic carbocycles. The molecule has 27 heavy (non-hydrogen) atoms. The van der Waals surface area contributed by atoms with E-state index in [9.17, 15) is 4.79 Å². The van der Waals surface area contributed by atoms with Gasteiger partial charge >= 0.3 is 0 Å². The predicted octanol–water partition coefficient (Wildman–Crippen LogP) is 2.41. The molecule has 0 saturated carbocycles. The van der Waals surface area contributed by atoms with E-state index in [1.54, 1.807) is 27.2 Å². The number of carbonyl (C=O) groups excluding carboxylic acids is 1. The largest absolute Gasteiger partial charge is 0.493 e. The first-order chi connectivity index (χ1) is 13.1. The van der Waals surface area contributed by atoms with Gasteiger partial charge in [-0.05, 0) is 30.7 Å². The minimum absolute atomic E-state index is 0.00450. The fourth-order valence-electron chi connectivity index (χ4n) is 3.31. The molecule has 0 radical (unpaired) electrons. The Bertz CT molecular complexity index is 767. The van der Waals surface area contributed by atoms with Crippen molar-refractivity contribution >= 4 is 5.91 Å². The molecule has 0 unspecified atom stereocenters. The van der Waals surface area contributed by atoms with Crippen molar-refractivity contribution in [2.24, 2.45) is 0 Å². The fourth-order valence-corrected chi connectivity index (χ4v) is 3.31. The normalized spacial score (nSPS) is 16.0. The minimum atomic E-state index is -0.139. The molecule has 1 aliphatic rings. The van der Waals surface area contributed by atoms with Gasteiger partial charge in [0.15, 0.2) is 11.5 Å². The molecular weight excluding hydrogens is 348 g/mol. The molecule has 1 aliphatic heterocycles. The van der Waals surface area contributed by atoms with Crippen LogP contribution >= 0.6 is 0 Å². The molecule has 1 aromatic heterocycles. The fraction of sp³-hybridized carbons (Fsp3) is 0.450. The van der Waals surface area contributed by atoms with Gasteiger partial charge in [0.25, 0.3) is 5.91 Å². The number of methoxy groups -OCH3 is 2. The van der Waals surface area contributed by atoms with Crippen molar-refractivity contribution in [3.8, 4) is 11.5 Å². The summed E-state index contributed by atoms with van der Waals surface area (Å²) in [6.07, 6.45) is 1.53. The third-order valence-corrected chi connectivity index (χ3v) is 4.84. The molecular formula is C20H26N2O5. The van der Waals surface area contributed by atoms with E-state index in [-0.39, 0.29) is 11.9 Å². The van der Waals surface area contributed by atoms with Gasteiger partial charge in [0.1, 0.15) is 5.76 Å². The summed E-state index contributed by atoms with van der Waals surface area (Å²) in [5.41, 5.74) is 1.61. The average molecular weight is 374 g/mol. The number of hydrogen-bond acceptors (Lipinski definition) is 6. The number of nitrogens with zero attached hydrogens (tertiary/aromatic N) is 1. The van der Waals surface area contributed by atoms with Crippen LogP contribution in [0.25, 0.3) is 0 Å². The van der Waals surface area contributed by atoms with E-state index in [1.165, 1.54) is 6.26 Å². The first kappa shape index (κ1) is 19.3. The molecule has 1 amide bonds. The summed E-state index contributed by atoms with van der Waals surface area (Å²) in [5.74, 6) is 1.83. The molecule has 7 nitrogen and oxygen atoms in total. The second-order valence-corrected chi connectivity index (χ2v) is 6.38. The highest BCUT2D eigenvalue weighted by atomic mass is 16.5. The van der Waals surface area contributed by atoms with E-state index in [1.807, 2.05) is 18.2 Å². The molecule has 1 saturated heterocycles. The van der Waals surface area contributed by atoms with Gasteiger partial charge in [-0.2, -0.15) is 0 Å². The van der Waals surface area contributed by atoms with Gasteiger partial charge in [0, 0.05) is 19.6 Å². The lowest BCUT2D eigenvalue weighted by molar-refractivity contribution is 0.0162. The number of benzene rings is 1. The van der Waals surface area contributed by atoms with E-state index in [2.05, 4.69) is 10.2 Å². The lowest BCUT2D eigenvalue weighted by atomic mass is 10.0. The smallest absolute Gasteiger partial charge is 0.254 e. The van der Waals surface area contributed by atoms with Crippen molar-refractivity contribution in [1.29, 1.82) is 0 Å². The van der Waals surface area contributed by atoms with Crippen molar-refractivity contribution in [2.75, 3.05) is 47.1 Å². The summed E-state index contributed by atoms with van der Waals surface area (Å²) in [7, 11) is 3.24. The Morgan fingerprint density at radius 1 is 1.19 bits per heavy atom. The highest BCUT2D eigenvalue weighted by Crippen LogP contribution is 2.32. The van der Waals surface area contributed by atoms with Crippen LogP contribution in [-0.2, 0) is 4.74 Å². The van der Waals surface area contributed by atoms with Crippen molar-refractivity contribution < 1.29 is 23.4 Å². The summed E-state index contributed by atoms with van der Waals surface area (Å²) < 4.78 is 21.5. The number of amides is 1. The highest BCUT2D eigenvalue weighted by molar-refractivity contribution is 5.95. The lowest BCUT2D eigenvalue weighted by Crippen LogP contribution is -2.43. The Labute approximate surface area is 159 Å². The summed E-state index contributed by atoms with van der Waals surface area (Å²) >= 11 is 0. The maximum absolute atomic E-state index is 12.5. The molecule has 0 bridgehead atoms. The zero-order chi connectivity index (χ0) is 19.2. The van der Waals surface area contributed by atoms with Gasteiger partial charge in [-0.3, -0.25) is 9.69 Å². The quantitative estimate of drug-likeness (QED) is 0.802. The predicted molar refractivity (Wildman–Crippen MR) is 100 cm³/mol. The van der Waals surface area contributed by atoms with E-state index >= 15 is 0 Å². The number of rotatable bonds is 7. The molecule has 2 heterocycles. The number of nitrogens with one attached hydrogen (secondary N) is 1. The average Bonchev–Trinajstić information content (AvgIpc) is 3.14. The Morgan fingerprint density at radius 2 is 1.93 bits per heavy atom. The van der Waals surface area contributed by atoms with E-state index < -0.39 is 0 Å². The molecule has 1 fully saturated rings. The van der Waals surface area contributed by atoms with E-state index in [0.29, 0.717) is 42.6 Å². The third kappa shape index (κ3) is 4.43. The van der Waals surface area contributed by atoms with Gasteiger partial charge in [0.2, 0.25) is 0 Å². The second kappa shape index (κ2) is 8.92.